The standard InChI is InChI=1S/C54H38N2/c1-3-13-37(14-4-1)44-33-45(38-15-5-2-6-16-38)35-46(34-44)43-29-30-49-50(36-43)54(42-27-23-40(24-28-42)52-20-10-12-32-56-52)48-18-8-7-17-47(48)53(49)41-25-21-39(22-26-41)51-19-9-11-31-55-51/h1-28,31-36H,29-30H2. The summed E-state index contributed by atoms with van der Waals surface area (Å²) in [6.45, 7) is 0. The highest BCUT2D eigenvalue weighted by Crippen LogP contribution is 2.47. The van der Waals surface area contributed by atoms with Crippen molar-refractivity contribution in [3.05, 3.63) is 217 Å². The van der Waals surface area contributed by atoms with E-state index in [0.717, 1.165) is 35.4 Å². The van der Waals surface area contributed by atoms with Gasteiger partial charge in [-0.2, -0.15) is 0 Å². The van der Waals surface area contributed by atoms with E-state index in [2.05, 4.69) is 180 Å². The fourth-order valence-corrected chi connectivity index (χ4v) is 8.40. The fraction of sp³-hybridized carbons (Fsp3) is 0.0370. The molecule has 1 aliphatic carbocycles. The molecule has 0 amide bonds. The van der Waals surface area contributed by atoms with Crippen LogP contribution in [0.3, 0.4) is 0 Å². The van der Waals surface area contributed by atoms with Crippen molar-refractivity contribution in [2.24, 2.45) is 0 Å². The average molecular weight is 715 g/mol. The topological polar surface area (TPSA) is 25.8 Å². The Balaban J connectivity index is 1.19. The van der Waals surface area contributed by atoms with Crippen LogP contribution in [0.1, 0.15) is 23.1 Å². The number of benzene rings is 7. The number of hydrogen-bond donors (Lipinski definition) is 0. The zero-order valence-corrected chi connectivity index (χ0v) is 30.9. The SMILES string of the molecule is C1=C(c2cc(-c3ccccc3)cc(-c3ccccc3)c2)CCc2c1c(-c1ccc(-c3ccccn3)cc1)c1ccccc1c2-c1ccc(-c2ccccn2)cc1. The second kappa shape index (κ2) is 14.6. The van der Waals surface area contributed by atoms with Crippen molar-refractivity contribution in [2.75, 3.05) is 0 Å². The van der Waals surface area contributed by atoms with Crippen molar-refractivity contribution in [3.8, 4) is 67.0 Å². The summed E-state index contributed by atoms with van der Waals surface area (Å²) in [5, 5.41) is 2.52. The average Bonchev–Trinajstić information content (AvgIpc) is 3.29. The highest BCUT2D eigenvalue weighted by atomic mass is 14.7. The molecule has 0 spiro atoms. The Morgan fingerprint density at radius 1 is 0.321 bits per heavy atom. The Morgan fingerprint density at radius 2 is 0.768 bits per heavy atom. The smallest absolute Gasteiger partial charge is 0.0701 e. The maximum absolute atomic E-state index is 4.63. The number of aromatic nitrogens is 2. The van der Waals surface area contributed by atoms with Gasteiger partial charge in [0.2, 0.25) is 0 Å². The van der Waals surface area contributed by atoms with Gasteiger partial charge in [0, 0.05) is 23.5 Å². The summed E-state index contributed by atoms with van der Waals surface area (Å²) in [7, 11) is 0. The summed E-state index contributed by atoms with van der Waals surface area (Å²) in [5.74, 6) is 0. The molecule has 1 aliphatic rings. The van der Waals surface area contributed by atoms with Crippen LogP contribution >= 0.6 is 0 Å². The Hall–Kier alpha value is -7.16. The third-order valence-corrected chi connectivity index (χ3v) is 11.1. The third-order valence-electron chi connectivity index (χ3n) is 11.1. The van der Waals surface area contributed by atoms with Crippen LogP contribution in [0, 0.1) is 0 Å². The molecule has 7 aromatic carbocycles. The quantitative estimate of drug-likeness (QED) is 0.164. The highest BCUT2D eigenvalue weighted by Gasteiger charge is 2.25. The molecule has 0 atom stereocenters. The van der Waals surface area contributed by atoms with Crippen molar-refractivity contribution in [2.45, 2.75) is 12.8 Å². The van der Waals surface area contributed by atoms with Crippen LogP contribution in [0.25, 0.3) is 89.4 Å². The van der Waals surface area contributed by atoms with Gasteiger partial charge < -0.3 is 0 Å². The second-order valence-electron chi connectivity index (χ2n) is 14.5. The van der Waals surface area contributed by atoms with E-state index in [1.54, 1.807) is 0 Å². The first-order valence-electron chi connectivity index (χ1n) is 19.3. The molecule has 264 valence electrons. The van der Waals surface area contributed by atoms with Crippen molar-refractivity contribution >= 4 is 22.4 Å². The number of rotatable bonds is 7. The molecule has 10 rings (SSSR count). The van der Waals surface area contributed by atoms with E-state index >= 15 is 0 Å². The summed E-state index contributed by atoms with van der Waals surface area (Å²) < 4.78 is 0. The highest BCUT2D eigenvalue weighted by molar-refractivity contribution is 6.11. The molecule has 2 heteroatoms. The number of allylic oxidation sites excluding steroid dienone is 1. The molecule has 0 radical (unpaired) electrons. The molecule has 0 fully saturated rings. The van der Waals surface area contributed by atoms with Crippen LogP contribution in [0.15, 0.2) is 200 Å². The Labute approximate surface area is 328 Å². The van der Waals surface area contributed by atoms with Gasteiger partial charge in [-0.05, 0) is 133 Å². The van der Waals surface area contributed by atoms with Gasteiger partial charge in [0.25, 0.3) is 0 Å². The monoisotopic (exact) mass is 714 g/mol. The van der Waals surface area contributed by atoms with Gasteiger partial charge in [-0.25, -0.2) is 0 Å². The number of hydrogen-bond acceptors (Lipinski definition) is 2. The first-order valence-corrected chi connectivity index (χ1v) is 19.3. The number of nitrogens with zero attached hydrogens (tertiary/aromatic N) is 2. The Morgan fingerprint density at radius 3 is 1.29 bits per heavy atom. The molecule has 0 unspecified atom stereocenters. The third kappa shape index (κ3) is 6.32. The Bertz CT molecular complexity index is 2790. The predicted octanol–water partition coefficient (Wildman–Crippen LogP) is 14.1. The number of pyridine rings is 2. The Kier molecular flexibility index (Phi) is 8.70. The molecule has 2 heterocycles. The van der Waals surface area contributed by atoms with Gasteiger partial charge in [-0.1, -0.05) is 152 Å². The van der Waals surface area contributed by atoms with Crippen LogP contribution in [-0.4, -0.2) is 9.97 Å². The number of fused-ring (bicyclic) bond motifs is 2. The van der Waals surface area contributed by atoms with Gasteiger partial charge in [0.05, 0.1) is 11.4 Å². The minimum Gasteiger partial charge on any atom is -0.256 e. The summed E-state index contributed by atoms with van der Waals surface area (Å²) in [4.78, 5) is 9.25. The largest absolute Gasteiger partial charge is 0.256 e. The van der Waals surface area contributed by atoms with Crippen LogP contribution in [0.5, 0.6) is 0 Å². The van der Waals surface area contributed by atoms with E-state index < -0.39 is 0 Å². The van der Waals surface area contributed by atoms with E-state index in [4.69, 9.17) is 0 Å². The fourth-order valence-electron chi connectivity index (χ4n) is 8.40. The van der Waals surface area contributed by atoms with Crippen LogP contribution < -0.4 is 0 Å². The molecule has 0 saturated heterocycles. The zero-order chi connectivity index (χ0) is 37.3. The molecular weight excluding hydrogens is 677 g/mol. The summed E-state index contributed by atoms with van der Waals surface area (Å²) in [6, 6.07) is 67.7. The molecule has 2 aromatic heterocycles. The predicted molar refractivity (Wildman–Crippen MR) is 235 cm³/mol. The molecule has 0 N–H and O–H groups in total. The van der Waals surface area contributed by atoms with Crippen LogP contribution in [0.4, 0.5) is 0 Å². The first-order chi connectivity index (χ1) is 27.8. The lowest BCUT2D eigenvalue weighted by Gasteiger charge is -2.26. The van der Waals surface area contributed by atoms with Crippen molar-refractivity contribution in [3.63, 3.8) is 0 Å². The zero-order valence-electron chi connectivity index (χ0n) is 30.9. The van der Waals surface area contributed by atoms with E-state index in [-0.39, 0.29) is 0 Å². The lowest BCUT2D eigenvalue weighted by Crippen LogP contribution is -2.05. The van der Waals surface area contributed by atoms with Crippen LogP contribution in [-0.2, 0) is 6.42 Å². The summed E-state index contributed by atoms with van der Waals surface area (Å²) in [6.07, 6.45) is 8.08. The summed E-state index contributed by atoms with van der Waals surface area (Å²) in [5.41, 5.74) is 19.4. The molecule has 0 bridgehead atoms. The van der Waals surface area contributed by atoms with Crippen molar-refractivity contribution in [1.29, 1.82) is 0 Å². The normalized spacial score (nSPS) is 12.2. The molecule has 56 heavy (non-hydrogen) atoms. The second-order valence-corrected chi connectivity index (χ2v) is 14.5. The first kappa shape index (κ1) is 33.4. The minimum atomic E-state index is 0.929. The van der Waals surface area contributed by atoms with E-state index in [1.165, 1.54) is 77.5 Å². The maximum Gasteiger partial charge on any atom is 0.0701 e. The van der Waals surface area contributed by atoms with Gasteiger partial charge in [-0.3, -0.25) is 9.97 Å². The van der Waals surface area contributed by atoms with Gasteiger partial charge in [0.1, 0.15) is 0 Å². The molecular formula is C54H38N2. The molecule has 0 aliphatic heterocycles. The van der Waals surface area contributed by atoms with E-state index in [9.17, 15) is 0 Å². The van der Waals surface area contributed by atoms with Crippen molar-refractivity contribution < 1.29 is 0 Å². The lowest BCUT2D eigenvalue weighted by molar-refractivity contribution is 1.01. The van der Waals surface area contributed by atoms with Crippen LogP contribution in [0.2, 0.25) is 0 Å². The van der Waals surface area contributed by atoms with Gasteiger partial charge >= 0.3 is 0 Å². The molecule has 0 saturated carbocycles. The minimum absolute atomic E-state index is 0.929. The molecule has 2 nitrogen and oxygen atoms in total. The van der Waals surface area contributed by atoms with Gasteiger partial charge in [0.15, 0.2) is 0 Å². The van der Waals surface area contributed by atoms with Crippen molar-refractivity contribution in [1.82, 2.24) is 9.97 Å². The maximum atomic E-state index is 4.63. The lowest BCUT2D eigenvalue weighted by atomic mass is 9.77. The van der Waals surface area contributed by atoms with E-state index in [1.807, 2.05) is 36.7 Å². The van der Waals surface area contributed by atoms with Gasteiger partial charge in [-0.15, -0.1) is 0 Å². The van der Waals surface area contributed by atoms with E-state index in [0.29, 0.717) is 0 Å². The summed E-state index contributed by atoms with van der Waals surface area (Å²) >= 11 is 0. The molecule has 9 aromatic rings.